The van der Waals surface area contributed by atoms with E-state index in [2.05, 4.69) is 118 Å². The third-order valence-electron chi connectivity index (χ3n) is 7.83. The van der Waals surface area contributed by atoms with Gasteiger partial charge in [0.2, 0.25) is 0 Å². The molecular weight excluding hydrogens is 412 g/mol. The molecule has 0 bridgehead atoms. The number of rotatable bonds is 6. The first-order valence-corrected chi connectivity index (χ1v) is 12.6. The lowest BCUT2D eigenvalue weighted by Crippen LogP contribution is -2.24. The molecule has 0 saturated heterocycles. The Hall–Kier alpha value is -2.74. The monoisotopic (exact) mass is 456 g/mol. The first-order valence-electron chi connectivity index (χ1n) is 12.6. The van der Waals surface area contributed by atoms with Gasteiger partial charge in [0.25, 0.3) is 0 Å². The first-order chi connectivity index (χ1) is 15.7. The normalized spacial score (nSPS) is 12.6. The van der Waals surface area contributed by atoms with Crippen LogP contribution in [0.25, 0.3) is 0 Å². The second-order valence-corrected chi connectivity index (χ2v) is 11.7. The summed E-state index contributed by atoms with van der Waals surface area (Å²) in [7, 11) is 0. The molecule has 0 fully saturated rings. The molecule has 0 atom stereocenters. The van der Waals surface area contributed by atoms with Gasteiger partial charge in [-0.1, -0.05) is 104 Å². The summed E-state index contributed by atoms with van der Waals surface area (Å²) in [5, 5.41) is 0. The van der Waals surface area contributed by atoms with E-state index >= 15 is 0 Å². The zero-order valence-electron chi connectivity index (χ0n) is 22.9. The lowest BCUT2D eigenvalue weighted by Gasteiger charge is -2.32. The second-order valence-electron chi connectivity index (χ2n) is 11.7. The molecule has 0 aliphatic carbocycles. The van der Waals surface area contributed by atoms with Gasteiger partial charge < -0.3 is 11.5 Å². The highest BCUT2D eigenvalue weighted by molar-refractivity contribution is 5.60. The van der Waals surface area contributed by atoms with Gasteiger partial charge in [-0.05, 0) is 70.2 Å². The molecule has 182 valence electrons. The minimum absolute atomic E-state index is 0.145. The standard InChI is InChI=1S/C32H44N2/c1-19(2)27-17-25(14-21(5)29(27)33)31(7,8)23-12-11-13-24(16-23)32(9,10)26-15-22(6)30(34)28(18-26)20(3)4/h11-20H,33-34H2,1-10H3. The van der Waals surface area contributed by atoms with Gasteiger partial charge in [-0.25, -0.2) is 0 Å². The van der Waals surface area contributed by atoms with E-state index in [0.29, 0.717) is 11.8 Å². The van der Waals surface area contributed by atoms with Crippen molar-refractivity contribution in [3.05, 3.63) is 93.0 Å². The van der Waals surface area contributed by atoms with Crippen LogP contribution in [0.2, 0.25) is 0 Å². The quantitative estimate of drug-likeness (QED) is 0.366. The van der Waals surface area contributed by atoms with Crippen LogP contribution in [0.5, 0.6) is 0 Å². The molecule has 2 heteroatoms. The average molecular weight is 457 g/mol. The number of hydrogen-bond donors (Lipinski definition) is 2. The summed E-state index contributed by atoms with van der Waals surface area (Å²) >= 11 is 0. The fourth-order valence-electron chi connectivity index (χ4n) is 4.96. The molecule has 0 aliphatic heterocycles. The van der Waals surface area contributed by atoms with Crippen molar-refractivity contribution in [2.24, 2.45) is 0 Å². The SMILES string of the molecule is Cc1cc(C(C)(C)c2cccc(C(C)(C)c3cc(C)c(N)c(C(C)C)c3)c2)cc(C(C)C)c1N. The molecule has 3 aromatic carbocycles. The van der Waals surface area contributed by atoms with E-state index in [1.165, 1.54) is 33.4 Å². The molecule has 2 nitrogen and oxygen atoms in total. The Morgan fingerprint density at radius 2 is 0.912 bits per heavy atom. The predicted molar refractivity (Wildman–Crippen MR) is 150 cm³/mol. The smallest absolute Gasteiger partial charge is 0.0379 e. The molecule has 0 saturated carbocycles. The van der Waals surface area contributed by atoms with E-state index in [0.717, 1.165) is 22.5 Å². The van der Waals surface area contributed by atoms with E-state index in [-0.39, 0.29) is 10.8 Å². The Bertz CT molecular complexity index is 1110. The van der Waals surface area contributed by atoms with Crippen LogP contribution in [0.1, 0.15) is 112 Å². The van der Waals surface area contributed by atoms with Gasteiger partial charge in [-0.15, -0.1) is 0 Å². The predicted octanol–water partition coefficient (Wildman–Crippen LogP) is 8.37. The fourth-order valence-corrected chi connectivity index (χ4v) is 4.96. The van der Waals surface area contributed by atoms with Gasteiger partial charge in [-0.3, -0.25) is 0 Å². The molecule has 0 radical (unpaired) electrons. The zero-order chi connectivity index (χ0) is 25.6. The van der Waals surface area contributed by atoms with Crippen LogP contribution in [0.4, 0.5) is 11.4 Å². The van der Waals surface area contributed by atoms with Gasteiger partial charge in [0.05, 0.1) is 0 Å². The lowest BCUT2D eigenvalue weighted by molar-refractivity contribution is 0.615. The van der Waals surface area contributed by atoms with Crippen molar-refractivity contribution in [1.82, 2.24) is 0 Å². The minimum atomic E-state index is -0.145. The summed E-state index contributed by atoms with van der Waals surface area (Å²) in [5.74, 6) is 0.784. The maximum atomic E-state index is 6.43. The van der Waals surface area contributed by atoms with Crippen LogP contribution in [0.3, 0.4) is 0 Å². The Labute approximate surface area is 207 Å². The van der Waals surface area contributed by atoms with Crippen molar-refractivity contribution in [2.45, 2.75) is 91.9 Å². The molecule has 0 aromatic heterocycles. The Balaban J connectivity index is 2.12. The summed E-state index contributed by atoms with van der Waals surface area (Å²) in [5.41, 5.74) is 24.4. The summed E-state index contributed by atoms with van der Waals surface area (Å²) in [6.07, 6.45) is 0. The summed E-state index contributed by atoms with van der Waals surface area (Å²) < 4.78 is 0. The van der Waals surface area contributed by atoms with Gasteiger partial charge in [0.1, 0.15) is 0 Å². The van der Waals surface area contributed by atoms with Gasteiger partial charge >= 0.3 is 0 Å². The number of nitrogen functional groups attached to an aromatic ring is 2. The number of aryl methyl sites for hydroxylation is 2. The lowest BCUT2D eigenvalue weighted by atomic mass is 9.72. The number of anilines is 2. The highest BCUT2D eigenvalue weighted by Crippen LogP contribution is 2.40. The second kappa shape index (κ2) is 9.13. The maximum Gasteiger partial charge on any atom is 0.0379 e. The van der Waals surface area contributed by atoms with Crippen LogP contribution < -0.4 is 11.5 Å². The molecule has 0 unspecified atom stereocenters. The van der Waals surface area contributed by atoms with Gasteiger partial charge in [0, 0.05) is 22.2 Å². The highest BCUT2D eigenvalue weighted by atomic mass is 14.6. The Morgan fingerprint density at radius 3 is 1.24 bits per heavy atom. The molecule has 0 amide bonds. The van der Waals surface area contributed by atoms with Crippen LogP contribution in [-0.4, -0.2) is 0 Å². The molecule has 3 aromatic rings. The zero-order valence-corrected chi connectivity index (χ0v) is 22.9. The van der Waals surface area contributed by atoms with Gasteiger partial charge in [-0.2, -0.15) is 0 Å². The molecule has 4 N–H and O–H groups in total. The van der Waals surface area contributed by atoms with E-state index in [1.54, 1.807) is 0 Å². The third kappa shape index (κ3) is 4.60. The van der Waals surface area contributed by atoms with E-state index in [9.17, 15) is 0 Å². The maximum absolute atomic E-state index is 6.43. The van der Waals surface area contributed by atoms with Crippen molar-refractivity contribution in [3.63, 3.8) is 0 Å². The number of hydrogen-bond acceptors (Lipinski definition) is 2. The van der Waals surface area contributed by atoms with Crippen molar-refractivity contribution < 1.29 is 0 Å². The highest BCUT2D eigenvalue weighted by Gasteiger charge is 2.29. The first kappa shape index (κ1) is 25.9. The van der Waals surface area contributed by atoms with Crippen LogP contribution >= 0.6 is 0 Å². The van der Waals surface area contributed by atoms with E-state index < -0.39 is 0 Å². The van der Waals surface area contributed by atoms with Crippen LogP contribution in [0, 0.1) is 13.8 Å². The van der Waals surface area contributed by atoms with Crippen LogP contribution in [-0.2, 0) is 10.8 Å². The fraction of sp³-hybridized carbons (Fsp3) is 0.438. The van der Waals surface area contributed by atoms with Crippen molar-refractivity contribution in [2.75, 3.05) is 11.5 Å². The van der Waals surface area contributed by atoms with Crippen LogP contribution in [0.15, 0.2) is 48.5 Å². The van der Waals surface area contributed by atoms with E-state index in [1.807, 2.05) is 0 Å². The molecule has 3 rings (SSSR count). The molecule has 0 spiro atoms. The van der Waals surface area contributed by atoms with Crippen molar-refractivity contribution in [3.8, 4) is 0 Å². The molecule has 0 heterocycles. The molecule has 34 heavy (non-hydrogen) atoms. The largest absolute Gasteiger partial charge is 0.398 e. The molecular formula is C32H44N2. The number of nitrogens with two attached hydrogens (primary N) is 2. The molecule has 0 aliphatic rings. The Kier molecular flexibility index (Phi) is 6.95. The summed E-state index contributed by atoms with van der Waals surface area (Å²) in [6, 6.07) is 18.2. The minimum Gasteiger partial charge on any atom is -0.398 e. The van der Waals surface area contributed by atoms with Gasteiger partial charge in [0.15, 0.2) is 0 Å². The Morgan fingerprint density at radius 1 is 0.559 bits per heavy atom. The summed E-state index contributed by atoms with van der Waals surface area (Å²) in [4.78, 5) is 0. The third-order valence-corrected chi connectivity index (χ3v) is 7.83. The van der Waals surface area contributed by atoms with E-state index in [4.69, 9.17) is 11.5 Å². The topological polar surface area (TPSA) is 52.0 Å². The van der Waals surface area contributed by atoms with Crippen molar-refractivity contribution in [1.29, 1.82) is 0 Å². The van der Waals surface area contributed by atoms with Crippen molar-refractivity contribution >= 4 is 11.4 Å². The number of benzene rings is 3. The average Bonchev–Trinajstić information content (AvgIpc) is 2.76. The summed E-state index contributed by atoms with van der Waals surface area (Å²) in [6.45, 7) is 22.4.